The van der Waals surface area contributed by atoms with Crippen LogP contribution in [0.5, 0.6) is 0 Å². The summed E-state index contributed by atoms with van der Waals surface area (Å²) in [6.07, 6.45) is 0. The number of likely N-dealkylation sites (tertiary alicyclic amines) is 1. The summed E-state index contributed by atoms with van der Waals surface area (Å²) in [7, 11) is 0. The summed E-state index contributed by atoms with van der Waals surface area (Å²) >= 11 is 5.82. The fourth-order valence-corrected chi connectivity index (χ4v) is 2.21. The summed E-state index contributed by atoms with van der Waals surface area (Å²) < 4.78 is 5.19. The molecule has 1 aromatic carbocycles. The minimum Gasteiger partial charge on any atom is -0.481 e. The summed E-state index contributed by atoms with van der Waals surface area (Å²) in [5.41, 5.74) is 0.806. The molecule has 0 aliphatic carbocycles. The maximum Gasteiger partial charge on any atom is 0.309 e. The fraction of sp³-hybridized carbons (Fsp3) is 0.308. The van der Waals surface area contributed by atoms with Gasteiger partial charge in [-0.05, 0) is 24.3 Å². The van der Waals surface area contributed by atoms with Crippen LogP contribution in [-0.2, 0) is 11.3 Å². The molecule has 1 aliphatic rings. The van der Waals surface area contributed by atoms with Crippen molar-refractivity contribution in [1.82, 2.24) is 15.0 Å². The molecule has 2 heterocycles. The largest absolute Gasteiger partial charge is 0.481 e. The molecule has 0 bridgehead atoms. The van der Waals surface area contributed by atoms with Crippen LogP contribution in [-0.4, -0.2) is 39.2 Å². The van der Waals surface area contributed by atoms with Crippen molar-refractivity contribution in [1.29, 1.82) is 0 Å². The highest BCUT2D eigenvalue weighted by Crippen LogP contribution is 2.22. The molecule has 104 valence electrons. The molecule has 3 rings (SSSR count). The predicted octanol–water partition coefficient (Wildman–Crippen LogP) is 1.91. The molecule has 0 unspecified atom stereocenters. The predicted molar refractivity (Wildman–Crippen MR) is 71.1 cm³/mol. The number of aromatic nitrogens is 2. The van der Waals surface area contributed by atoms with Gasteiger partial charge in [0, 0.05) is 23.7 Å². The summed E-state index contributed by atoms with van der Waals surface area (Å²) in [4.78, 5) is 17.0. The van der Waals surface area contributed by atoms with Gasteiger partial charge in [-0.25, -0.2) is 0 Å². The second kappa shape index (κ2) is 5.22. The molecule has 0 saturated carbocycles. The average Bonchev–Trinajstić information content (AvgIpc) is 2.82. The van der Waals surface area contributed by atoms with E-state index in [2.05, 4.69) is 10.1 Å². The highest BCUT2D eigenvalue weighted by atomic mass is 35.5. The zero-order valence-electron chi connectivity index (χ0n) is 10.5. The zero-order chi connectivity index (χ0) is 14.1. The first-order valence-corrected chi connectivity index (χ1v) is 6.53. The van der Waals surface area contributed by atoms with Crippen molar-refractivity contribution in [3.05, 3.63) is 35.1 Å². The summed E-state index contributed by atoms with van der Waals surface area (Å²) in [5, 5.41) is 13.4. The fourth-order valence-electron chi connectivity index (χ4n) is 2.08. The number of carbonyl (C=O) groups is 1. The quantitative estimate of drug-likeness (QED) is 0.927. The molecule has 2 aromatic rings. The molecule has 1 aromatic heterocycles. The van der Waals surface area contributed by atoms with E-state index < -0.39 is 5.97 Å². The molecule has 0 spiro atoms. The smallest absolute Gasteiger partial charge is 0.309 e. The first-order chi connectivity index (χ1) is 9.61. The molecule has 0 radical (unpaired) electrons. The van der Waals surface area contributed by atoms with E-state index in [0.29, 0.717) is 36.4 Å². The van der Waals surface area contributed by atoms with Crippen LogP contribution in [0.25, 0.3) is 11.5 Å². The van der Waals surface area contributed by atoms with Gasteiger partial charge in [-0.15, -0.1) is 0 Å². The standard InChI is InChI=1S/C13H12ClN3O3/c14-10-3-1-8(2-4-10)12-15-11(16-20-12)7-17-5-9(6-17)13(18)19/h1-4,9H,5-7H2,(H,18,19). The molecular formula is C13H12ClN3O3. The van der Waals surface area contributed by atoms with E-state index in [0.717, 1.165) is 5.56 Å². The monoisotopic (exact) mass is 293 g/mol. The number of aliphatic carboxylic acids is 1. The Morgan fingerprint density at radius 1 is 1.40 bits per heavy atom. The number of benzene rings is 1. The van der Waals surface area contributed by atoms with Crippen molar-refractivity contribution in [3.63, 3.8) is 0 Å². The Hall–Kier alpha value is -1.92. The maximum atomic E-state index is 10.7. The maximum absolute atomic E-state index is 10.7. The Balaban J connectivity index is 1.63. The van der Waals surface area contributed by atoms with Crippen LogP contribution in [0.2, 0.25) is 5.02 Å². The number of hydrogen-bond donors (Lipinski definition) is 1. The zero-order valence-corrected chi connectivity index (χ0v) is 11.2. The van der Waals surface area contributed by atoms with Crippen molar-refractivity contribution >= 4 is 17.6 Å². The van der Waals surface area contributed by atoms with Crippen molar-refractivity contribution < 1.29 is 14.4 Å². The molecule has 1 N–H and O–H groups in total. The Morgan fingerprint density at radius 3 is 2.75 bits per heavy atom. The second-order valence-electron chi connectivity index (χ2n) is 4.75. The molecule has 1 fully saturated rings. The van der Waals surface area contributed by atoms with Gasteiger partial charge in [0.2, 0.25) is 0 Å². The van der Waals surface area contributed by atoms with Crippen molar-refractivity contribution in [2.45, 2.75) is 6.54 Å². The third kappa shape index (κ3) is 2.66. The van der Waals surface area contributed by atoms with Crippen LogP contribution in [0.3, 0.4) is 0 Å². The van der Waals surface area contributed by atoms with Gasteiger partial charge in [0.1, 0.15) is 0 Å². The van der Waals surface area contributed by atoms with Crippen LogP contribution in [0, 0.1) is 5.92 Å². The highest BCUT2D eigenvalue weighted by molar-refractivity contribution is 6.30. The molecule has 7 heteroatoms. The minimum atomic E-state index is -0.754. The first-order valence-electron chi connectivity index (χ1n) is 6.15. The van der Waals surface area contributed by atoms with E-state index >= 15 is 0 Å². The number of halogens is 1. The summed E-state index contributed by atoms with van der Waals surface area (Å²) in [6.45, 7) is 1.56. The van der Waals surface area contributed by atoms with Gasteiger partial charge in [-0.1, -0.05) is 16.8 Å². The third-order valence-electron chi connectivity index (χ3n) is 3.23. The number of carboxylic acids is 1. The lowest BCUT2D eigenvalue weighted by molar-refractivity contribution is -0.147. The first kappa shape index (κ1) is 13.1. The Kier molecular flexibility index (Phi) is 3.42. The van der Waals surface area contributed by atoms with Crippen LogP contribution >= 0.6 is 11.6 Å². The van der Waals surface area contributed by atoms with Gasteiger partial charge in [0.05, 0.1) is 12.5 Å². The van der Waals surface area contributed by atoms with Crippen LogP contribution in [0.1, 0.15) is 5.82 Å². The Labute approximate surface area is 120 Å². The SMILES string of the molecule is O=C(O)C1CN(Cc2noc(-c3ccc(Cl)cc3)n2)C1. The van der Waals surface area contributed by atoms with Crippen LogP contribution in [0.15, 0.2) is 28.8 Å². The Morgan fingerprint density at radius 2 is 2.10 bits per heavy atom. The third-order valence-corrected chi connectivity index (χ3v) is 3.48. The summed E-state index contributed by atoms with van der Waals surface area (Å²) in [5.74, 6) is -0.0420. The Bertz CT molecular complexity index is 620. The normalized spacial score (nSPS) is 16.1. The number of rotatable bonds is 4. The van der Waals surface area contributed by atoms with Crippen LogP contribution < -0.4 is 0 Å². The van der Waals surface area contributed by atoms with E-state index in [-0.39, 0.29) is 5.92 Å². The lowest BCUT2D eigenvalue weighted by Gasteiger charge is -2.35. The van der Waals surface area contributed by atoms with E-state index in [1.165, 1.54) is 0 Å². The van der Waals surface area contributed by atoms with E-state index in [4.69, 9.17) is 21.2 Å². The van der Waals surface area contributed by atoms with Crippen molar-refractivity contribution in [2.75, 3.05) is 13.1 Å². The van der Waals surface area contributed by atoms with Crippen molar-refractivity contribution in [2.24, 2.45) is 5.92 Å². The number of nitrogens with zero attached hydrogens (tertiary/aromatic N) is 3. The second-order valence-corrected chi connectivity index (χ2v) is 5.19. The molecule has 0 atom stereocenters. The van der Waals surface area contributed by atoms with E-state index in [9.17, 15) is 4.79 Å². The van der Waals surface area contributed by atoms with Gasteiger partial charge in [0.15, 0.2) is 5.82 Å². The highest BCUT2D eigenvalue weighted by Gasteiger charge is 2.33. The van der Waals surface area contributed by atoms with Gasteiger partial charge in [-0.3, -0.25) is 9.69 Å². The van der Waals surface area contributed by atoms with Crippen molar-refractivity contribution in [3.8, 4) is 11.5 Å². The number of hydrogen-bond acceptors (Lipinski definition) is 5. The lowest BCUT2D eigenvalue weighted by atomic mass is 10.0. The molecule has 0 amide bonds. The van der Waals surface area contributed by atoms with Gasteiger partial charge in [-0.2, -0.15) is 4.98 Å². The number of carboxylic acid groups (broad SMARTS) is 1. The van der Waals surface area contributed by atoms with Gasteiger partial charge >= 0.3 is 5.97 Å². The summed E-state index contributed by atoms with van der Waals surface area (Å²) in [6, 6.07) is 7.13. The lowest BCUT2D eigenvalue weighted by Crippen LogP contribution is -2.49. The molecule has 6 nitrogen and oxygen atoms in total. The topological polar surface area (TPSA) is 79.5 Å². The minimum absolute atomic E-state index is 0.280. The van der Waals surface area contributed by atoms with E-state index in [1.54, 1.807) is 12.1 Å². The average molecular weight is 294 g/mol. The molecule has 1 saturated heterocycles. The van der Waals surface area contributed by atoms with Gasteiger partial charge in [0.25, 0.3) is 5.89 Å². The molecular weight excluding hydrogens is 282 g/mol. The van der Waals surface area contributed by atoms with Crippen LogP contribution in [0.4, 0.5) is 0 Å². The van der Waals surface area contributed by atoms with E-state index in [1.807, 2.05) is 17.0 Å². The molecule has 1 aliphatic heterocycles. The van der Waals surface area contributed by atoms with Gasteiger partial charge < -0.3 is 9.63 Å². The molecule has 20 heavy (non-hydrogen) atoms.